The van der Waals surface area contributed by atoms with Crippen LogP contribution in [0, 0.1) is 0 Å². The van der Waals surface area contributed by atoms with Gasteiger partial charge in [0.1, 0.15) is 5.75 Å². The highest BCUT2D eigenvalue weighted by molar-refractivity contribution is 7.91. The van der Waals surface area contributed by atoms with E-state index >= 15 is 0 Å². The van der Waals surface area contributed by atoms with E-state index in [0.29, 0.717) is 34.9 Å². The number of amides is 1. The van der Waals surface area contributed by atoms with Crippen LogP contribution in [0.3, 0.4) is 0 Å². The summed E-state index contributed by atoms with van der Waals surface area (Å²) in [4.78, 5) is 27.2. The number of sulfone groups is 1. The third-order valence-corrected chi connectivity index (χ3v) is 7.75. The van der Waals surface area contributed by atoms with Crippen LogP contribution in [0.25, 0.3) is 0 Å². The molecule has 0 saturated carbocycles. The average Bonchev–Trinajstić information content (AvgIpc) is 3.21. The largest absolute Gasteiger partial charge is 0.484 e. The number of nitrogens with zero attached hydrogens (tertiary/aromatic N) is 1. The number of halogens is 1. The number of hydrogen-bond acceptors (Lipinski definition) is 5. The topological polar surface area (TPSA) is 80.8 Å². The molecule has 6 nitrogen and oxygen atoms in total. The van der Waals surface area contributed by atoms with Crippen molar-refractivity contribution in [2.45, 2.75) is 19.0 Å². The van der Waals surface area contributed by atoms with Crippen LogP contribution in [0.5, 0.6) is 5.75 Å². The number of carbonyl (C=O) groups excluding carboxylic acids is 2. The minimum absolute atomic E-state index is 0.0346. The van der Waals surface area contributed by atoms with E-state index in [-0.39, 0.29) is 35.8 Å². The SMILES string of the molecule is O=C(c1ccc(Cl)cc1)c1ccc(OCC(=O)N(Cc2ccccc2)[C@@H]2CCS(=O)(=O)C2)cc1. The van der Waals surface area contributed by atoms with E-state index in [4.69, 9.17) is 16.3 Å². The quantitative estimate of drug-likeness (QED) is 0.436. The molecule has 8 heteroatoms. The molecule has 3 aromatic rings. The van der Waals surface area contributed by atoms with Gasteiger partial charge in [-0.25, -0.2) is 8.42 Å². The van der Waals surface area contributed by atoms with E-state index in [9.17, 15) is 18.0 Å². The molecule has 3 aromatic carbocycles. The fourth-order valence-electron chi connectivity index (χ4n) is 3.92. The lowest BCUT2D eigenvalue weighted by Gasteiger charge is -2.28. The van der Waals surface area contributed by atoms with Crippen molar-refractivity contribution in [3.05, 3.63) is 101 Å². The van der Waals surface area contributed by atoms with E-state index in [1.165, 1.54) is 0 Å². The third kappa shape index (κ3) is 6.04. The van der Waals surface area contributed by atoms with Crippen molar-refractivity contribution in [2.75, 3.05) is 18.1 Å². The van der Waals surface area contributed by atoms with E-state index in [2.05, 4.69) is 0 Å². The predicted octanol–water partition coefficient (Wildman–Crippen LogP) is 4.17. The Morgan fingerprint density at radius 1 is 0.912 bits per heavy atom. The van der Waals surface area contributed by atoms with E-state index < -0.39 is 9.84 Å². The molecule has 1 aliphatic rings. The third-order valence-electron chi connectivity index (χ3n) is 5.75. The van der Waals surface area contributed by atoms with Crippen molar-refractivity contribution in [3.8, 4) is 5.75 Å². The van der Waals surface area contributed by atoms with E-state index in [1.54, 1.807) is 53.4 Å². The second-order valence-corrected chi connectivity index (χ2v) is 10.9. The van der Waals surface area contributed by atoms with Crippen molar-refractivity contribution in [1.82, 2.24) is 4.90 Å². The molecular weight excluding hydrogens is 474 g/mol. The molecule has 34 heavy (non-hydrogen) atoms. The number of carbonyl (C=O) groups is 2. The molecule has 0 N–H and O–H groups in total. The Morgan fingerprint density at radius 3 is 2.12 bits per heavy atom. The molecule has 0 radical (unpaired) electrons. The highest BCUT2D eigenvalue weighted by atomic mass is 35.5. The van der Waals surface area contributed by atoms with Crippen molar-refractivity contribution < 1.29 is 22.7 Å². The lowest BCUT2D eigenvalue weighted by atomic mass is 10.0. The minimum Gasteiger partial charge on any atom is -0.484 e. The minimum atomic E-state index is -3.15. The van der Waals surface area contributed by atoms with Crippen LogP contribution in [-0.2, 0) is 21.2 Å². The summed E-state index contributed by atoms with van der Waals surface area (Å²) in [5.41, 5.74) is 1.93. The summed E-state index contributed by atoms with van der Waals surface area (Å²) >= 11 is 5.88. The summed E-state index contributed by atoms with van der Waals surface area (Å²) in [6.45, 7) is 0.0889. The fraction of sp³-hybridized carbons (Fsp3) is 0.231. The van der Waals surface area contributed by atoms with Gasteiger partial charge >= 0.3 is 0 Å². The summed E-state index contributed by atoms with van der Waals surface area (Å²) < 4.78 is 29.7. The lowest BCUT2D eigenvalue weighted by Crippen LogP contribution is -2.43. The lowest BCUT2D eigenvalue weighted by molar-refractivity contribution is -0.136. The van der Waals surface area contributed by atoms with Crippen LogP contribution in [0.15, 0.2) is 78.9 Å². The first-order valence-electron chi connectivity index (χ1n) is 10.9. The molecule has 1 amide bonds. The highest BCUT2D eigenvalue weighted by Crippen LogP contribution is 2.22. The summed E-state index contributed by atoms with van der Waals surface area (Å²) in [6.07, 6.45) is 0.419. The Balaban J connectivity index is 1.41. The predicted molar refractivity (Wildman–Crippen MR) is 131 cm³/mol. The number of rotatable bonds is 8. The summed E-state index contributed by atoms with van der Waals surface area (Å²) in [7, 11) is -3.15. The van der Waals surface area contributed by atoms with Crippen LogP contribution in [-0.4, -0.2) is 49.2 Å². The fourth-order valence-corrected chi connectivity index (χ4v) is 5.78. The molecule has 1 atom stereocenters. The number of ketones is 1. The maximum atomic E-state index is 13.0. The van der Waals surface area contributed by atoms with Gasteiger partial charge in [0.2, 0.25) is 0 Å². The average molecular weight is 498 g/mol. The molecule has 1 aliphatic heterocycles. The Kier molecular flexibility index (Phi) is 7.34. The second-order valence-electron chi connectivity index (χ2n) is 8.21. The van der Waals surface area contributed by atoms with Crippen LogP contribution in [0.1, 0.15) is 27.9 Å². The Hall–Kier alpha value is -3.16. The van der Waals surface area contributed by atoms with Gasteiger partial charge < -0.3 is 9.64 Å². The van der Waals surface area contributed by atoms with Crippen molar-refractivity contribution in [2.24, 2.45) is 0 Å². The molecule has 1 heterocycles. The van der Waals surface area contributed by atoms with Gasteiger partial charge in [-0.15, -0.1) is 0 Å². The first kappa shape index (κ1) is 24.0. The van der Waals surface area contributed by atoms with Gasteiger partial charge in [0.05, 0.1) is 11.5 Å². The molecule has 4 rings (SSSR count). The van der Waals surface area contributed by atoms with Crippen molar-refractivity contribution in [1.29, 1.82) is 0 Å². The molecule has 0 aromatic heterocycles. The highest BCUT2D eigenvalue weighted by Gasteiger charge is 2.34. The van der Waals surface area contributed by atoms with Gasteiger partial charge in [0.15, 0.2) is 22.2 Å². The summed E-state index contributed by atoms with van der Waals surface area (Å²) in [5, 5.41) is 0.557. The number of ether oxygens (including phenoxy) is 1. The van der Waals surface area contributed by atoms with Crippen molar-refractivity contribution in [3.63, 3.8) is 0 Å². The second kappa shape index (κ2) is 10.4. The first-order chi connectivity index (χ1) is 16.3. The standard InChI is InChI=1S/C26H24ClNO5S/c27-22-10-6-20(7-11-22)26(30)21-8-12-24(13-9-21)33-17-25(29)28(16-19-4-2-1-3-5-19)23-14-15-34(31,32)18-23/h1-13,23H,14-18H2/t23-/m1/s1. The van der Waals surface area contributed by atoms with Crippen LogP contribution >= 0.6 is 11.6 Å². The molecule has 0 aliphatic carbocycles. The zero-order chi connectivity index (χ0) is 24.1. The van der Waals surface area contributed by atoms with Gasteiger partial charge in [-0.3, -0.25) is 9.59 Å². The van der Waals surface area contributed by atoms with E-state index in [0.717, 1.165) is 5.56 Å². The van der Waals surface area contributed by atoms with Gasteiger partial charge in [-0.1, -0.05) is 41.9 Å². The maximum Gasteiger partial charge on any atom is 0.261 e. The van der Waals surface area contributed by atoms with Gasteiger partial charge in [-0.2, -0.15) is 0 Å². The van der Waals surface area contributed by atoms with Crippen LogP contribution in [0.2, 0.25) is 5.02 Å². The molecular formula is C26H24ClNO5S. The van der Waals surface area contributed by atoms with Gasteiger partial charge in [-0.05, 0) is 60.5 Å². The normalized spacial score (nSPS) is 16.7. The van der Waals surface area contributed by atoms with E-state index in [1.807, 2.05) is 30.3 Å². The zero-order valence-corrected chi connectivity index (χ0v) is 20.0. The summed E-state index contributed by atoms with van der Waals surface area (Å²) in [6, 6.07) is 22.3. The number of benzene rings is 3. The summed E-state index contributed by atoms with van der Waals surface area (Å²) in [5.74, 6) is 0.0653. The molecule has 0 spiro atoms. The maximum absolute atomic E-state index is 13.0. The first-order valence-corrected chi connectivity index (χ1v) is 13.1. The number of hydrogen-bond donors (Lipinski definition) is 0. The Morgan fingerprint density at radius 2 is 1.53 bits per heavy atom. The monoisotopic (exact) mass is 497 g/mol. The Labute approximate surface area is 204 Å². The van der Waals surface area contributed by atoms with Crippen molar-refractivity contribution >= 4 is 33.1 Å². The molecule has 1 fully saturated rings. The zero-order valence-electron chi connectivity index (χ0n) is 18.4. The molecule has 1 saturated heterocycles. The molecule has 0 unspecified atom stereocenters. The molecule has 176 valence electrons. The smallest absolute Gasteiger partial charge is 0.261 e. The van der Waals surface area contributed by atoms with Crippen LogP contribution < -0.4 is 4.74 Å². The van der Waals surface area contributed by atoms with Crippen LogP contribution in [0.4, 0.5) is 0 Å². The van der Waals surface area contributed by atoms with Gasteiger partial charge in [0.25, 0.3) is 5.91 Å². The van der Waals surface area contributed by atoms with Gasteiger partial charge in [0, 0.05) is 28.7 Å². The Bertz CT molecular complexity index is 1260. The molecule has 0 bridgehead atoms.